The number of aromatic nitrogens is 2. The van der Waals surface area contributed by atoms with Gasteiger partial charge in [-0.15, -0.1) is 0 Å². The largest absolute Gasteiger partial charge is 0.319 e. The van der Waals surface area contributed by atoms with Crippen molar-refractivity contribution in [2.75, 3.05) is 4.90 Å². The van der Waals surface area contributed by atoms with E-state index in [4.69, 9.17) is 6.57 Å². The first-order chi connectivity index (χ1) is 30.5. The number of rotatable bonds is 5. The first kappa shape index (κ1) is 35.6. The summed E-state index contributed by atoms with van der Waals surface area (Å²) in [6, 6.07) is 68.4. The highest BCUT2D eigenvalue weighted by Crippen LogP contribution is 2.54. The van der Waals surface area contributed by atoms with Gasteiger partial charge in [-0.3, -0.25) is 0 Å². The molecule has 5 nitrogen and oxygen atoms in total. The molecule has 0 fully saturated rings. The van der Waals surface area contributed by atoms with E-state index in [0.29, 0.717) is 22.6 Å². The molecular weight excluding hydrogens is 755 g/mol. The molecule has 9 aromatic carbocycles. The zero-order valence-corrected chi connectivity index (χ0v) is 34.1. The molecule has 0 bridgehead atoms. The smallest absolute Gasteiger partial charge is 0.212 e. The third-order valence-corrected chi connectivity index (χ3v) is 13.1. The summed E-state index contributed by atoms with van der Waals surface area (Å²) in [5.41, 5.74) is 14.2. The molecule has 12 rings (SSSR count). The van der Waals surface area contributed by atoms with E-state index >= 15 is 0 Å². The molecule has 5 heteroatoms. The van der Waals surface area contributed by atoms with Crippen LogP contribution in [0.25, 0.3) is 81.7 Å². The van der Waals surface area contributed by atoms with Crippen molar-refractivity contribution in [1.29, 1.82) is 5.26 Å². The molecular formula is C57H37N5. The van der Waals surface area contributed by atoms with Gasteiger partial charge in [-0.2, -0.15) is 5.26 Å². The first-order valence-electron chi connectivity index (χ1n) is 21.0. The van der Waals surface area contributed by atoms with Crippen molar-refractivity contribution in [3.63, 3.8) is 0 Å². The normalized spacial score (nSPS) is 12.8. The van der Waals surface area contributed by atoms with E-state index in [0.717, 1.165) is 71.4 Å². The standard InChI is InChI=1S/C57H37N5/c1-57(2)45-24-14-12-22-42(45)55-46(57)28-31-51-56(55)44-33-40(60(38-17-6-4-7-18-38)39-19-8-5-9-20-39)27-30-49(44)61(51)52-34-47(59-3)53(32-37(52)35-58)62-48-25-15-13-23-43(48)54-41-21-11-10-16-36(41)26-29-50(54)62/h4-34H,1-2H3. The Balaban J connectivity index is 1.17. The van der Waals surface area contributed by atoms with E-state index < -0.39 is 0 Å². The van der Waals surface area contributed by atoms with Crippen LogP contribution in [0.15, 0.2) is 188 Å². The van der Waals surface area contributed by atoms with Crippen LogP contribution < -0.4 is 4.90 Å². The van der Waals surface area contributed by atoms with Crippen LogP contribution in [0.2, 0.25) is 0 Å². The van der Waals surface area contributed by atoms with Gasteiger partial charge in [0.1, 0.15) is 6.07 Å². The van der Waals surface area contributed by atoms with Crippen molar-refractivity contribution in [2.45, 2.75) is 19.3 Å². The maximum atomic E-state index is 11.2. The van der Waals surface area contributed by atoms with E-state index in [1.807, 2.05) is 30.3 Å². The Morgan fingerprint density at radius 3 is 1.89 bits per heavy atom. The van der Waals surface area contributed by atoms with Crippen LogP contribution >= 0.6 is 0 Å². The highest BCUT2D eigenvalue weighted by atomic mass is 15.1. The molecule has 0 aliphatic heterocycles. The van der Waals surface area contributed by atoms with Crippen molar-refractivity contribution >= 4 is 77.1 Å². The van der Waals surface area contributed by atoms with Gasteiger partial charge in [0.15, 0.2) is 0 Å². The summed E-state index contributed by atoms with van der Waals surface area (Å²) in [5.74, 6) is 0. The molecule has 0 N–H and O–H groups in total. The Labute approximate surface area is 359 Å². The number of para-hydroxylation sites is 3. The van der Waals surface area contributed by atoms with Crippen LogP contribution in [-0.4, -0.2) is 9.13 Å². The summed E-state index contributed by atoms with van der Waals surface area (Å²) >= 11 is 0. The molecule has 11 aromatic rings. The molecule has 0 spiro atoms. The third kappa shape index (κ3) is 4.94. The second-order valence-electron chi connectivity index (χ2n) is 16.7. The molecule has 290 valence electrons. The summed E-state index contributed by atoms with van der Waals surface area (Å²) in [5, 5.41) is 17.9. The van der Waals surface area contributed by atoms with E-state index in [1.165, 1.54) is 22.3 Å². The lowest BCUT2D eigenvalue weighted by molar-refractivity contribution is 0.661. The Morgan fingerprint density at radius 1 is 0.516 bits per heavy atom. The van der Waals surface area contributed by atoms with E-state index in [1.54, 1.807) is 0 Å². The molecule has 0 radical (unpaired) electrons. The molecule has 2 aromatic heterocycles. The minimum atomic E-state index is -0.212. The van der Waals surface area contributed by atoms with Gasteiger partial charge < -0.3 is 14.0 Å². The van der Waals surface area contributed by atoms with E-state index in [-0.39, 0.29) is 5.41 Å². The molecule has 0 saturated heterocycles. The minimum Gasteiger partial charge on any atom is -0.319 e. The van der Waals surface area contributed by atoms with Crippen LogP contribution in [0.5, 0.6) is 0 Å². The maximum Gasteiger partial charge on any atom is 0.212 e. The van der Waals surface area contributed by atoms with Crippen molar-refractivity contribution in [3.05, 3.63) is 216 Å². The highest BCUT2D eigenvalue weighted by molar-refractivity contribution is 6.22. The van der Waals surface area contributed by atoms with Crippen LogP contribution in [0.1, 0.15) is 30.5 Å². The van der Waals surface area contributed by atoms with Crippen molar-refractivity contribution < 1.29 is 0 Å². The summed E-state index contributed by atoms with van der Waals surface area (Å²) in [7, 11) is 0. The molecule has 0 unspecified atom stereocenters. The van der Waals surface area contributed by atoms with Gasteiger partial charge >= 0.3 is 0 Å². The average Bonchev–Trinajstić information content (AvgIpc) is 3.92. The lowest BCUT2D eigenvalue weighted by Crippen LogP contribution is -2.14. The minimum absolute atomic E-state index is 0.212. The second-order valence-corrected chi connectivity index (χ2v) is 16.7. The summed E-state index contributed by atoms with van der Waals surface area (Å²) in [4.78, 5) is 6.52. The van der Waals surface area contributed by atoms with E-state index in [9.17, 15) is 5.26 Å². The number of benzene rings is 9. The van der Waals surface area contributed by atoms with Crippen LogP contribution in [-0.2, 0) is 5.41 Å². The molecule has 1 aliphatic carbocycles. The molecule has 0 saturated carbocycles. The highest BCUT2D eigenvalue weighted by Gasteiger charge is 2.37. The summed E-state index contributed by atoms with van der Waals surface area (Å²) in [6.07, 6.45) is 0. The van der Waals surface area contributed by atoms with E-state index in [2.05, 4.69) is 197 Å². The lowest BCUT2D eigenvalue weighted by Gasteiger charge is -2.25. The van der Waals surface area contributed by atoms with Crippen molar-refractivity contribution in [1.82, 2.24) is 9.13 Å². The molecule has 0 amide bonds. The lowest BCUT2D eigenvalue weighted by atomic mass is 9.82. The van der Waals surface area contributed by atoms with Gasteiger partial charge in [0.05, 0.1) is 45.6 Å². The molecule has 2 heterocycles. The summed E-state index contributed by atoms with van der Waals surface area (Å²) in [6.45, 7) is 13.3. The fourth-order valence-corrected chi connectivity index (χ4v) is 10.4. The first-order valence-corrected chi connectivity index (χ1v) is 21.0. The van der Waals surface area contributed by atoms with Gasteiger partial charge in [-0.25, -0.2) is 4.85 Å². The number of hydrogen-bond acceptors (Lipinski definition) is 2. The van der Waals surface area contributed by atoms with Crippen LogP contribution in [0, 0.1) is 17.9 Å². The number of nitrogens with zero attached hydrogens (tertiary/aromatic N) is 5. The number of anilines is 3. The zero-order valence-electron chi connectivity index (χ0n) is 34.1. The predicted molar refractivity (Wildman–Crippen MR) is 256 cm³/mol. The Morgan fingerprint density at radius 2 is 1.13 bits per heavy atom. The molecule has 1 aliphatic rings. The topological polar surface area (TPSA) is 41.2 Å². The number of hydrogen-bond donors (Lipinski definition) is 0. The fraction of sp³-hybridized carbons (Fsp3) is 0.0526. The van der Waals surface area contributed by atoms with Crippen molar-refractivity contribution in [2.24, 2.45) is 0 Å². The maximum absolute atomic E-state index is 11.2. The molecule has 0 atom stereocenters. The van der Waals surface area contributed by atoms with Gasteiger partial charge in [-0.05, 0) is 106 Å². The SMILES string of the molecule is [C-]#[N+]c1cc(-n2c3ccc(N(c4ccccc4)c4ccccc4)cc3c3c4c(ccc32)C(C)(C)c2ccccc2-4)c(C#N)cc1-n1c2ccccc2c2c3ccccc3ccc21. The Bertz CT molecular complexity index is 3700. The summed E-state index contributed by atoms with van der Waals surface area (Å²) < 4.78 is 4.38. The second kappa shape index (κ2) is 13.3. The van der Waals surface area contributed by atoms with Gasteiger partial charge in [-0.1, -0.05) is 129 Å². The van der Waals surface area contributed by atoms with Crippen molar-refractivity contribution in [3.8, 4) is 28.6 Å². The van der Waals surface area contributed by atoms with Crippen LogP contribution in [0.4, 0.5) is 22.7 Å². The van der Waals surface area contributed by atoms with Gasteiger partial charge in [0.25, 0.3) is 0 Å². The van der Waals surface area contributed by atoms with Crippen LogP contribution in [0.3, 0.4) is 0 Å². The number of fused-ring (bicyclic) bond motifs is 12. The Kier molecular flexibility index (Phi) is 7.64. The zero-order chi connectivity index (χ0) is 41.7. The van der Waals surface area contributed by atoms with Gasteiger partial charge in [0.2, 0.25) is 5.69 Å². The average molecular weight is 792 g/mol. The Hall–Kier alpha value is -8.38. The predicted octanol–water partition coefficient (Wildman–Crippen LogP) is 15.2. The quantitative estimate of drug-likeness (QED) is 0.163. The fourth-order valence-electron chi connectivity index (χ4n) is 10.4. The van der Waals surface area contributed by atoms with Gasteiger partial charge in [0, 0.05) is 44.0 Å². The number of nitriles is 1. The monoisotopic (exact) mass is 791 g/mol. The third-order valence-electron chi connectivity index (χ3n) is 13.1. The molecule has 62 heavy (non-hydrogen) atoms.